The quantitative estimate of drug-likeness (QED) is 0.354. The molecule has 0 aliphatic carbocycles. The van der Waals surface area contributed by atoms with Crippen molar-refractivity contribution in [2.45, 2.75) is 88.7 Å². The summed E-state index contributed by atoms with van der Waals surface area (Å²) in [4.78, 5) is 11.1. The van der Waals surface area contributed by atoms with Crippen LogP contribution in [0.1, 0.15) is 88.4 Å². The summed E-state index contributed by atoms with van der Waals surface area (Å²) in [7, 11) is 1.73. The summed E-state index contributed by atoms with van der Waals surface area (Å²) in [6, 6.07) is 15.4. The number of carbonyl (C=O) groups is 1. The number of methoxy groups -OCH3 is 1. The number of benzene rings is 2. The summed E-state index contributed by atoms with van der Waals surface area (Å²) in [5, 5.41) is 12.1. The van der Waals surface area contributed by atoms with Gasteiger partial charge in [0, 0.05) is 34.7 Å². The van der Waals surface area contributed by atoms with Crippen molar-refractivity contribution >= 4 is 17.7 Å². The molecule has 4 N–H and O–H groups in total. The van der Waals surface area contributed by atoms with Gasteiger partial charge < -0.3 is 15.6 Å². The minimum atomic E-state index is -0.693. The summed E-state index contributed by atoms with van der Waals surface area (Å²) < 4.78 is 5.65. The van der Waals surface area contributed by atoms with E-state index < -0.39 is 5.97 Å². The highest BCUT2D eigenvalue weighted by molar-refractivity contribution is 7.99. The third-order valence-corrected chi connectivity index (χ3v) is 7.82. The molecular weight excluding hydrogens is 444 g/mol. The lowest BCUT2D eigenvalue weighted by atomic mass is 9.88. The van der Waals surface area contributed by atoms with E-state index in [1.165, 1.54) is 35.3 Å². The molecule has 2 aromatic rings. The number of thioether (sulfide) groups is 1. The van der Waals surface area contributed by atoms with Crippen LogP contribution < -0.4 is 15.8 Å². The number of carboxylic acids is 1. The lowest BCUT2D eigenvalue weighted by Crippen LogP contribution is -2.48. The smallest absolute Gasteiger partial charge is 0.303 e. The molecule has 0 saturated carbocycles. The Morgan fingerprint density at radius 1 is 1.18 bits per heavy atom. The molecule has 0 spiro atoms. The molecule has 3 rings (SSSR count). The average molecular weight is 487 g/mol. The van der Waals surface area contributed by atoms with Gasteiger partial charge >= 0.3 is 5.97 Å². The van der Waals surface area contributed by atoms with Crippen LogP contribution in [0.3, 0.4) is 0 Å². The fraction of sp³-hybridized carbons (Fsp3) is 0.536. The maximum Gasteiger partial charge on any atom is 0.303 e. The Labute approximate surface area is 209 Å². The second kappa shape index (κ2) is 14.4. The zero-order chi connectivity index (χ0) is 25.0. The van der Waals surface area contributed by atoms with E-state index in [0.29, 0.717) is 13.0 Å². The van der Waals surface area contributed by atoms with Crippen LogP contribution in [0.4, 0.5) is 0 Å². The van der Waals surface area contributed by atoms with Crippen LogP contribution in [-0.2, 0) is 11.3 Å². The molecule has 0 aromatic heterocycles. The minimum Gasteiger partial charge on any atom is -0.496 e. The summed E-state index contributed by atoms with van der Waals surface area (Å²) in [6.07, 6.45) is 6.88. The number of carboxylic acid groups (broad SMARTS) is 1. The van der Waals surface area contributed by atoms with Gasteiger partial charge in [0.05, 0.1) is 13.2 Å². The van der Waals surface area contributed by atoms with Crippen LogP contribution in [-0.4, -0.2) is 29.5 Å². The standard InChI is InChI=1S/C23H32N2OS.C5H10O2/c1-4-6-12-23(5-2)16-27-21-13-18(15-24)20(26-3)14-19(21)22(25-23)17-10-8-7-9-11-17;1-2-3-4-5(6)7/h7-11,13-14,22,25H,4-6,12,15-16,24H2,1-3H3;2-4H2,1H3,(H,6,7)/t22-,23-;/m1./s1. The zero-order valence-corrected chi connectivity index (χ0v) is 22.0. The van der Waals surface area contributed by atoms with Gasteiger partial charge in [-0.25, -0.2) is 0 Å². The van der Waals surface area contributed by atoms with Crippen molar-refractivity contribution in [3.63, 3.8) is 0 Å². The van der Waals surface area contributed by atoms with Gasteiger partial charge in [-0.2, -0.15) is 0 Å². The van der Waals surface area contributed by atoms with E-state index >= 15 is 0 Å². The van der Waals surface area contributed by atoms with E-state index in [-0.39, 0.29) is 11.6 Å². The van der Waals surface area contributed by atoms with E-state index in [0.717, 1.165) is 36.3 Å². The Hall–Kier alpha value is -2.02. The number of unbranched alkanes of at least 4 members (excludes halogenated alkanes) is 2. The number of ether oxygens (including phenoxy) is 1. The maximum atomic E-state index is 9.76. The lowest BCUT2D eigenvalue weighted by Gasteiger charge is -2.36. The summed E-state index contributed by atoms with van der Waals surface area (Å²) in [5.41, 5.74) is 9.80. The monoisotopic (exact) mass is 486 g/mol. The number of nitrogens with one attached hydrogen (secondary N) is 1. The molecule has 34 heavy (non-hydrogen) atoms. The first-order valence-electron chi connectivity index (χ1n) is 12.5. The highest BCUT2D eigenvalue weighted by Gasteiger charge is 2.35. The molecule has 0 saturated heterocycles. The van der Waals surface area contributed by atoms with Gasteiger partial charge in [0.15, 0.2) is 0 Å². The first kappa shape index (κ1) is 28.2. The van der Waals surface area contributed by atoms with Crippen molar-refractivity contribution in [3.05, 3.63) is 59.2 Å². The Morgan fingerprint density at radius 2 is 1.88 bits per heavy atom. The highest BCUT2D eigenvalue weighted by Crippen LogP contribution is 2.43. The van der Waals surface area contributed by atoms with E-state index in [1.807, 2.05) is 18.7 Å². The van der Waals surface area contributed by atoms with E-state index in [9.17, 15) is 4.79 Å². The van der Waals surface area contributed by atoms with E-state index in [2.05, 4.69) is 61.6 Å². The number of fused-ring (bicyclic) bond motifs is 1. The topological polar surface area (TPSA) is 84.6 Å². The van der Waals surface area contributed by atoms with Crippen LogP contribution in [0, 0.1) is 0 Å². The maximum absolute atomic E-state index is 9.76. The number of aliphatic carboxylic acids is 1. The Balaban J connectivity index is 0.000000509. The second-order valence-electron chi connectivity index (χ2n) is 8.92. The van der Waals surface area contributed by atoms with E-state index in [4.69, 9.17) is 15.6 Å². The van der Waals surface area contributed by atoms with Crippen molar-refractivity contribution in [2.75, 3.05) is 12.9 Å². The zero-order valence-electron chi connectivity index (χ0n) is 21.2. The molecule has 0 unspecified atom stereocenters. The summed E-state index contributed by atoms with van der Waals surface area (Å²) in [5.74, 6) is 1.27. The Kier molecular flexibility index (Phi) is 11.9. The van der Waals surface area contributed by atoms with Gasteiger partial charge in [-0.1, -0.05) is 70.4 Å². The highest BCUT2D eigenvalue weighted by atomic mass is 32.2. The number of nitrogens with two attached hydrogens (primary N) is 1. The molecule has 2 atom stereocenters. The van der Waals surface area contributed by atoms with Crippen molar-refractivity contribution in [1.82, 2.24) is 5.32 Å². The van der Waals surface area contributed by atoms with Gasteiger partial charge in [-0.05, 0) is 42.5 Å². The van der Waals surface area contributed by atoms with Gasteiger partial charge in [0.25, 0.3) is 0 Å². The fourth-order valence-corrected chi connectivity index (χ4v) is 5.67. The first-order chi connectivity index (χ1) is 16.4. The molecular formula is C28H42N2O3S. The molecule has 1 aliphatic rings. The third-order valence-electron chi connectivity index (χ3n) is 6.46. The summed E-state index contributed by atoms with van der Waals surface area (Å²) >= 11 is 1.97. The van der Waals surface area contributed by atoms with Crippen molar-refractivity contribution < 1.29 is 14.6 Å². The van der Waals surface area contributed by atoms with Crippen LogP contribution in [0.15, 0.2) is 47.4 Å². The minimum absolute atomic E-state index is 0.135. The van der Waals surface area contributed by atoms with Crippen LogP contribution >= 0.6 is 11.8 Å². The largest absolute Gasteiger partial charge is 0.496 e. The van der Waals surface area contributed by atoms with Crippen LogP contribution in [0.5, 0.6) is 5.75 Å². The van der Waals surface area contributed by atoms with Crippen LogP contribution in [0.25, 0.3) is 0 Å². The SMILES string of the molecule is CCCCC(=O)O.CCCC[C@]1(CC)CSc2cc(CN)c(OC)cc2[C@@H](c2ccccc2)N1. The van der Waals surface area contributed by atoms with Crippen molar-refractivity contribution in [1.29, 1.82) is 0 Å². The molecule has 2 aromatic carbocycles. The van der Waals surface area contributed by atoms with E-state index in [1.54, 1.807) is 7.11 Å². The third kappa shape index (κ3) is 7.76. The second-order valence-corrected chi connectivity index (χ2v) is 9.93. The number of rotatable bonds is 10. The molecule has 1 heterocycles. The van der Waals surface area contributed by atoms with Crippen molar-refractivity contribution in [3.8, 4) is 5.75 Å². The molecule has 0 fully saturated rings. The molecule has 0 bridgehead atoms. The number of hydrogen-bond donors (Lipinski definition) is 3. The molecule has 0 radical (unpaired) electrons. The predicted molar refractivity (Wildman–Crippen MR) is 143 cm³/mol. The average Bonchev–Trinajstić information content (AvgIpc) is 3.03. The molecule has 5 nitrogen and oxygen atoms in total. The Morgan fingerprint density at radius 3 is 2.41 bits per heavy atom. The molecule has 1 aliphatic heterocycles. The predicted octanol–water partition coefficient (Wildman–Crippen LogP) is 6.54. The molecule has 0 amide bonds. The normalized spacial score (nSPS) is 19.4. The summed E-state index contributed by atoms with van der Waals surface area (Å²) in [6.45, 7) is 7.06. The van der Waals surface area contributed by atoms with Gasteiger partial charge in [0.1, 0.15) is 5.75 Å². The van der Waals surface area contributed by atoms with Gasteiger partial charge in [-0.3, -0.25) is 10.1 Å². The molecule has 6 heteroatoms. The lowest BCUT2D eigenvalue weighted by molar-refractivity contribution is -0.137. The van der Waals surface area contributed by atoms with Gasteiger partial charge in [0.2, 0.25) is 0 Å². The van der Waals surface area contributed by atoms with Crippen LogP contribution in [0.2, 0.25) is 0 Å². The van der Waals surface area contributed by atoms with Gasteiger partial charge in [-0.15, -0.1) is 11.8 Å². The Bertz CT molecular complexity index is 891. The fourth-order valence-electron chi connectivity index (χ4n) is 4.24. The first-order valence-corrected chi connectivity index (χ1v) is 13.5. The molecule has 188 valence electrons. The van der Waals surface area contributed by atoms with Crippen molar-refractivity contribution in [2.24, 2.45) is 5.73 Å². The number of hydrogen-bond acceptors (Lipinski definition) is 5.